The third-order valence-electron chi connectivity index (χ3n) is 10.7. The van der Waals surface area contributed by atoms with E-state index < -0.39 is 36.3 Å². The maximum Gasteiger partial charge on any atom is 0.143 e. The Morgan fingerprint density at radius 2 is 0.948 bits per heavy atom. The zero-order valence-corrected chi connectivity index (χ0v) is 30.9. The number of benzene rings is 10. The molecule has 0 fully saturated rings. The van der Waals surface area contributed by atoms with Crippen LogP contribution in [0.25, 0.3) is 88.0 Å². The summed E-state index contributed by atoms with van der Waals surface area (Å²) in [6, 6.07) is 45.0. The number of hydrogen-bond donors (Lipinski definition) is 0. The summed E-state index contributed by atoms with van der Waals surface area (Å²) in [5.41, 5.74) is 6.65. The van der Waals surface area contributed by atoms with Crippen molar-refractivity contribution in [3.8, 4) is 44.5 Å². The number of rotatable bonds is 7. The lowest BCUT2D eigenvalue weighted by Gasteiger charge is -2.28. The highest BCUT2D eigenvalue weighted by Crippen LogP contribution is 2.46. The van der Waals surface area contributed by atoms with Crippen molar-refractivity contribution in [1.29, 1.82) is 0 Å². The summed E-state index contributed by atoms with van der Waals surface area (Å²) in [7, 11) is 0. The van der Waals surface area contributed by atoms with Crippen LogP contribution < -0.4 is 4.90 Å². The van der Waals surface area contributed by atoms with E-state index in [-0.39, 0.29) is 63.4 Å². The summed E-state index contributed by atoms with van der Waals surface area (Å²) in [5, 5.41) is 2.49. The average molecular weight is 751 g/mol. The van der Waals surface area contributed by atoms with E-state index in [1.807, 2.05) is 127 Å². The van der Waals surface area contributed by atoms with Crippen LogP contribution in [-0.2, 0) is 0 Å². The predicted molar refractivity (Wildman–Crippen MR) is 245 cm³/mol. The number of para-hydroxylation sites is 1. The van der Waals surface area contributed by atoms with E-state index in [0.717, 1.165) is 22.3 Å². The molecule has 2 heteroatoms. The number of hydrogen-bond acceptors (Lipinski definition) is 2. The first-order valence-corrected chi connectivity index (χ1v) is 18.9. The Morgan fingerprint density at radius 1 is 0.362 bits per heavy atom. The Labute approximate surface area is 353 Å². The fourth-order valence-corrected chi connectivity index (χ4v) is 8.02. The first-order chi connectivity index (χ1) is 33.3. The number of anilines is 3. The minimum atomic E-state index is -0.506. The van der Waals surface area contributed by atoms with E-state index in [4.69, 9.17) is 14.0 Å². The van der Waals surface area contributed by atoms with Crippen LogP contribution in [0.2, 0.25) is 0 Å². The highest BCUT2D eigenvalue weighted by Gasteiger charge is 2.21. The summed E-state index contributed by atoms with van der Waals surface area (Å²) in [6.07, 6.45) is 0. The molecule has 0 amide bonds. The number of furan rings is 1. The topological polar surface area (TPSA) is 16.4 Å². The molecule has 10 aromatic carbocycles. The fraction of sp³-hybridized carbons (Fsp3) is 0. The van der Waals surface area contributed by atoms with Crippen molar-refractivity contribution in [3.63, 3.8) is 0 Å². The standard InChI is InChI=1S/C56H37NO/c1-4-14-38(15-5-1)40-26-31-44(32-27-40)57(45-33-28-41(29-34-45)39-16-6-2-7-17-39)52-36-35-48(47-21-10-11-22-49(47)52)50-24-13-25-51-55-53(58-56(50)51)37-30-43-20-12-23-46(54(43)55)42-18-8-3-9-19-42/h1-37H/i3D,8D,9D,10D,11D,18D,19D,21D,22D,35D,36D. The van der Waals surface area contributed by atoms with Crippen LogP contribution in [0.3, 0.4) is 0 Å². The maximum absolute atomic E-state index is 9.99. The monoisotopic (exact) mass is 750 g/mol. The highest BCUT2D eigenvalue weighted by molar-refractivity contribution is 6.25. The van der Waals surface area contributed by atoms with Crippen LogP contribution in [0.15, 0.2) is 229 Å². The third-order valence-corrected chi connectivity index (χ3v) is 10.7. The lowest BCUT2D eigenvalue weighted by molar-refractivity contribution is 0.670. The Bertz CT molecular complexity index is 3780. The second kappa shape index (κ2) is 14.1. The van der Waals surface area contributed by atoms with Crippen LogP contribution in [0, 0.1) is 0 Å². The molecular weight excluding hydrogens is 703 g/mol. The van der Waals surface area contributed by atoms with Crippen LogP contribution in [0.5, 0.6) is 0 Å². The van der Waals surface area contributed by atoms with Crippen molar-refractivity contribution in [2.24, 2.45) is 0 Å². The van der Waals surface area contributed by atoms with Crippen molar-refractivity contribution in [2.75, 3.05) is 4.90 Å². The van der Waals surface area contributed by atoms with Gasteiger partial charge in [0, 0.05) is 38.5 Å². The summed E-state index contributed by atoms with van der Waals surface area (Å²) in [6.45, 7) is 0. The van der Waals surface area contributed by atoms with E-state index in [1.165, 1.54) is 0 Å². The molecule has 0 saturated heterocycles. The van der Waals surface area contributed by atoms with Crippen molar-refractivity contribution < 1.29 is 19.5 Å². The summed E-state index contributed by atoms with van der Waals surface area (Å²) in [4.78, 5) is 1.78. The minimum Gasteiger partial charge on any atom is -0.455 e. The zero-order chi connectivity index (χ0) is 48.0. The molecule has 0 aliphatic carbocycles. The van der Waals surface area contributed by atoms with Gasteiger partial charge in [0.2, 0.25) is 0 Å². The van der Waals surface area contributed by atoms with Gasteiger partial charge in [0.1, 0.15) is 11.2 Å². The van der Waals surface area contributed by atoms with Crippen molar-refractivity contribution in [2.45, 2.75) is 0 Å². The van der Waals surface area contributed by atoms with Gasteiger partial charge in [-0.1, -0.05) is 188 Å². The highest BCUT2D eigenvalue weighted by atomic mass is 16.3. The molecule has 58 heavy (non-hydrogen) atoms. The molecule has 0 radical (unpaired) electrons. The van der Waals surface area contributed by atoms with Crippen LogP contribution in [0.1, 0.15) is 15.1 Å². The molecule has 0 unspecified atom stereocenters. The van der Waals surface area contributed by atoms with E-state index in [0.29, 0.717) is 49.6 Å². The van der Waals surface area contributed by atoms with Gasteiger partial charge >= 0.3 is 0 Å². The van der Waals surface area contributed by atoms with Gasteiger partial charge in [0.05, 0.1) is 20.8 Å². The molecule has 11 rings (SSSR count). The summed E-state index contributed by atoms with van der Waals surface area (Å²) in [5.74, 6) is 0. The Hall–Kier alpha value is -7.68. The normalized spacial score (nSPS) is 14.1. The van der Waals surface area contributed by atoms with Crippen molar-refractivity contribution in [1.82, 2.24) is 0 Å². The Kier molecular flexibility index (Phi) is 5.86. The molecule has 0 N–H and O–H groups in total. The molecule has 0 atom stereocenters. The minimum absolute atomic E-state index is 0.0291. The van der Waals surface area contributed by atoms with E-state index >= 15 is 0 Å². The van der Waals surface area contributed by atoms with Gasteiger partial charge in [0.15, 0.2) is 0 Å². The van der Waals surface area contributed by atoms with Crippen LogP contribution in [-0.4, -0.2) is 0 Å². The molecule has 0 aliphatic heterocycles. The molecule has 2 nitrogen and oxygen atoms in total. The molecule has 0 saturated carbocycles. The number of fused-ring (bicyclic) bond motifs is 6. The first-order valence-electron chi connectivity index (χ1n) is 24.4. The average Bonchev–Trinajstić information content (AvgIpc) is 3.78. The second-order valence-electron chi connectivity index (χ2n) is 14.0. The van der Waals surface area contributed by atoms with Gasteiger partial charge < -0.3 is 9.32 Å². The van der Waals surface area contributed by atoms with E-state index in [1.54, 1.807) is 35.2 Å². The first kappa shape index (κ1) is 24.1. The third kappa shape index (κ3) is 5.74. The molecule has 1 aromatic heterocycles. The Balaban J connectivity index is 1.20. The van der Waals surface area contributed by atoms with Crippen molar-refractivity contribution >= 4 is 60.5 Å². The lowest BCUT2D eigenvalue weighted by Crippen LogP contribution is -2.10. The summed E-state index contributed by atoms with van der Waals surface area (Å²) < 4.78 is 107. The molecule has 272 valence electrons. The molecular formula is C56H37NO. The van der Waals surface area contributed by atoms with Crippen LogP contribution in [0.4, 0.5) is 17.1 Å². The van der Waals surface area contributed by atoms with E-state index in [9.17, 15) is 5.48 Å². The van der Waals surface area contributed by atoms with Gasteiger partial charge in [-0.05, 0) is 86.1 Å². The van der Waals surface area contributed by atoms with Gasteiger partial charge in [-0.3, -0.25) is 0 Å². The Morgan fingerprint density at radius 3 is 1.62 bits per heavy atom. The molecule has 0 aliphatic rings. The zero-order valence-electron chi connectivity index (χ0n) is 41.9. The predicted octanol–water partition coefficient (Wildman–Crippen LogP) is 16.0. The molecule has 11 aromatic rings. The molecule has 0 spiro atoms. The SMILES string of the molecule is [2H]c1c([2H])c([2H])c(-c2cccc3ccc4oc5c(-c6c([2H])c([2H])c(N(c7ccc(-c8ccccc8)cc7)c7ccc(-c8ccccc8)cc7)c7c([2H])c([2H])c([2H])c([2H])c67)cccc5c4c23)c([2H])c1[2H]. The largest absolute Gasteiger partial charge is 0.455 e. The fourth-order valence-electron chi connectivity index (χ4n) is 8.02. The van der Waals surface area contributed by atoms with Gasteiger partial charge in [-0.25, -0.2) is 0 Å². The maximum atomic E-state index is 9.99. The summed E-state index contributed by atoms with van der Waals surface area (Å²) >= 11 is 0. The van der Waals surface area contributed by atoms with Gasteiger partial charge in [0.25, 0.3) is 0 Å². The second-order valence-corrected chi connectivity index (χ2v) is 14.0. The quantitative estimate of drug-likeness (QED) is 0.161. The van der Waals surface area contributed by atoms with Gasteiger partial charge in [-0.15, -0.1) is 0 Å². The van der Waals surface area contributed by atoms with Crippen LogP contribution >= 0.6 is 0 Å². The van der Waals surface area contributed by atoms with Gasteiger partial charge in [-0.2, -0.15) is 0 Å². The smallest absolute Gasteiger partial charge is 0.143 e. The molecule has 1 heterocycles. The lowest BCUT2D eigenvalue weighted by atomic mass is 9.92. The molecule has 0 bridgehead atoms. The van der Waals surface area contributed by atoms with Crippen molar-refractivity contribution in [3.05, 3.63) is 224 Å². The number of nitrogens with zero attached hydrogens (tertiary/aromatic N) is 1. The van der Waals surface area contributed by atoms with E-state index in [2.05, 4.69) is 0 Å².